The van der Waals surface area contributed by atoms with Gasteiger partial charge in [0.1, 0.15) is 12.2 Å². The van der Waals surface area contributed by atoms with Crippen molar-refractivity contribution in [3.8, 4) is 0 Å². The molecule has 112 valence electrons. The highest BCUT2D eigenvalue weighted by molar-refractivity contribution is 5.87. The maximum atomic E-state index is 13.3. The topological polar surface area (TPSA) is 34.1 Å². The molecule has 0 saturated carbocycles. The van der Waals surface area contributed by atoms with Crippen molar-refractivity contribution in [2.45, 2.75) is 52.1 Å². The Labute approximate surface area is 108 Å². The smallest absolute Gasteiger partial charge is 0.299 e. The molecule has 2 nitrogen and oxygen atoms in total. The van der Waals surface area contributed by atoms with Crippen LogP contribution in [0.15, 0.2) is 0 Å². The lowest BCUT2D eigenvalue weighted by atomic mass is 9.92. The Bertz CT molecular complexity index is 334. The van der Waals surface area contributed by atoms with Gasteiger partial charge in [-0.15, -0.1) is 0 Å². The highest BCUT2D eigenvalue weighted by Crippen LogP contribution is 2.29. The summed E-state index contributed by atoms with van der Waals surface area (Å²) in [5.41, 5.74) is 0. The fourth-order valence-corrected chi connectivity index (χ4v) is 1.48. The van der Waals surface area contributed by atoms with Crippen molar-refractivity contribution in [2.75, 3.05) is 0 Å². The van der Waals surface area contributed by atoms with Crippen LogP contribution in [0.25, 0.3) is 0 Å². The lowest BCUT2D eigenvalue weighted by Gasteiger charge is -2.19. The monoisotopic (exact) mass is 288 g/mol. The molecular formula is C12H17F5O2. The third-order valence-corrected chi connectivity index (χ3v) is 2.70. The molecule has 0 bridgehead atoms. The number of ketones is 2. The molecule has 0 radical (unpaired) electrons. The summed E-state index contributed by atoms with van der Waals surface area (Å²) in [6, 6.07) is 0. The van der Waals surface area contributed by atoms with E-state index < -0.39 is 54.8 Å². The van der Waals surface area contributed by atoms with E-state index in [1.54, 1.807) is 0 Å². The van der Waals surface area contributed by atoms with E-state index in [4.69, 9.17) is 0 Å². The fourth-order valence-electron chi connectivity index (χ4n) is 1.48. The predicted molar refractivity (Wildman–Crippen MR) is 58.9 cm³/mol. The Morgan fingerprint density at radius 1 is 1.00 bits per heavy atom. The van der Waals surface area contributed by atoms with Crippen molar-refractivity contribution >= 4 is 11.6 Å². The van der Waals surface area contributed by atoms with Gasteiger partial charge < -0.3 is 0 Å². The van der Waals surface area contributed by atoms with E-state index in [1.807, 2.05) is 0 Å². The van der Waals surface area contributed by atoms with Gasteiger partial charge in [0.25, 0.3) is 0 Å². The van der Waals surface area contributed by atoms with Crippen LogP contribution in [0.5, 0.6) is 0 Å². The maximum Gasteiger partial charge on any atom is 0.395 e. The zero-order valence-electron chi connectivity index (χ0n) is 11.0. The number of Topliss-reactive ketones (excluding diaryl/α,β-unsaturated/α-hetero) is 2. The summed E-state index contributed by atoms with van der Waals surface area (Å²) in [5, 5.41) is 0. The van der Waals surface area contributed by atoms with Crippen LogP contribution in [0.3, 0.4) is 0 Å². The second-order valence-corrected chi connectivity index (χ2v) is 4.92. The summed E-state index contributed by atoms with van der Waals surface area (Å²) in [6.07, 6.45) is -7.62. The molecule has 0 aromatic carbocycles. The Morgan fingerprint density at radius 2 is 1.47 bits per heavy atom. The molecule has 0 aliphatic heterocycles. The van der Waals surface area contributed by atoms with Crippen LogP contribution in [-0.2, 0) is 9.59 Å². The van der Waals surface area contributed by atoms with E-state index in [-0.39, 0.29) is 0 Å². The number of hydrogen-bond acceptors (Lipinski definition) is 2. The molecule has 0 aliphatic carbocycles. The number of hydrogen-bond donors (Lipinski definition) is 0. The fraction of sp³-hybridized carbons (Fsp3) is 0.833. The van der Waals surface area contributed by atoms with Crippen LogP contribution in [0.2, 0.25) is 0 Å². The molecule has 0 aliphatic rings. The predicted octanol–water partition coefficient (Wildman–Crippen LogP) is 3.78. The molecule has 0 spiro atoms. The summed E-state index contributed by atoms with van der Waals surface area (Å²) in [5.74, 6) is -8.01. The van der Waals surface area contributed by atoms with Gasteiger partial charge >= 0.3 is 12.1 Å². The van der Waals surface area contributed by atoms with E-state index in [2.05, 4.69) is 0 Å². The molecule has 0 fully saturated rings. The first-order chi connectivity index (χ1) is 8.37. The van der Waals surface area contributed by atoms with Gasteiger partial charge in [-0.25, -0.2) is 0 Å². The van der Waals surface area contributed by atoms with Crippen molar-refractivity contribution < 1.29 is 31.5 Å². The largest absolute Gasteiger partial charge is 0.395 e. The van der Waals surface area contributed by atoms with Gasteiger partial charge in [0.2, 0.25) is 5.78 Å². The van der Waals surface area contributed by atoms with E-state index in [1.165, 1.54) is 13.8 Å². The highest BCUT2D eigenvalue weighted by Gasteiger charge is 2.40. The number of rotatable bonds is 7. The SMILES string of the molecule is CC(C)C(=O)C(F)(F)CCC(C)C(=O)CC(F)(F)F. The van der Waals surface area contributed by atoms with Crippen molar-refractivity contribution in [3.63, 3.8) is 0 Å². The minimum Gasteiger partial charge on any atom is -0.299 e. The minimum atomic E-state index is -4.64. The molecule has 0 N–H and O–H groups in total. The van der Waals surface area contributed by atoms with E-state index in [9.17, 15) is 31.5 Å². The Hall–Kier alpha value is -1.01. The number of carbonyl (C=O) groups is 2. The van der Waals surface area contributed by atoms with E-state index in [0.717, 1.165) is 6.92 Å². The summed E-state index contributed by atoms with van der Waals surface area (Å²) in [6.45, 7) is 3.78. The Morgan fingerprint density at radius 3 is 1.84 bits per heavy atom. The number of alkyl halides is 5. The van der Waals surface area contributed by atoms with Crippen LogP contribution in [0.4, 0.5) is 22.0 Å². The molecule has 1 atom stereocenters. The third-order valence-electron chi connectivity index (χ3n) is 2.70. The molecule has 0 aromatic rings. The zero-order valence-corrected chi connectivity index (χ0v) is 11.0. The van der Waals surface area contributed by atoms with E-state index in [0.29, 0.717) is 0 Å². The van der Waals surface area contributed by atoms with E-state index >= 15 is 0 Å². The summed E-state index contributed by atoms with van der Waals surface area (Å²) in [4.78, 5) is 22.3. The van der Waals surface area contributed by atoms with Crippen molar-refractivity contribution in [1.29, 1.82) is 0 Å². The highest BCUT2D eigenvalue weighted by atomic mass is 19.4. The summed E-state index contributed by atoms with van der Waals surface area (Å²) in [7, 11) is 0. The number of carbonyl (C=O) groups excluding carboxylic acids is 2. The van der Waals surface area contributed by atoms with Crippen LogP contribution >= 0.6 is 0 Å². The second-order valence-electron chi connectivity index (χ2n) is 4.92. The van der Waals surface area contributed by atoms with Gasteiger partial charge in [-0.2, -0.15) is 22.0 Å². The van der Waals surface area contributed by atoms with Gasteiger partial charge in [0.15, 0.2) is 0 Å². The summed E-state index contributed by atoms with van der Waals surface area (Å²) >= 11 is 0. The van der Waals surface area contributed by atoms with Crippen LogP contribution in [0.1, 0.15) is 40.0 Å². The van der Waals surface area contributed by atoms with Gasteiger partial charge in [-0.05, 0) is 6.42 Å². The summed E-state index contributed by atoms with van der Waals surface area (Å²) < 4.78 is 62.5. The van der Waals surface area contributed by atoms with Crippen molar-refractivity contribution in [3.05, 3.63) is 0 Å². The Kier molecular flexibility index (Phi) is 6.09. The van der Waals surface area contributed by atoms with Gasteiger partial charge in [0.05, 0.1) is 0 Å². The quantitative estimate of drug-likeness (QED) is 0.668. The molecule has 0 heterocycles. The normalized spacial score (nSPS) is 14.6. The molecule has 19 heavy (non-hydrogen) atoms. The first-order valence-corrected chi connectivity index (χ1v) is 5.88. The Balaban J connectivity index is 4.41. The van der Waals surface area contributed by atoms with Crippen LogP contribution in [-0.4, -0.2) is 23.7 Å². The molecule has 0 saturated heterocycles. The van der Waals surface area contributed by atoms with Crippen LogP contribution < -0.4 is 0 Å². The van der Waals surface area contributed by atoms with Gasteiger partial charge in [-0.1, -0.05) is 20.8 Å². The van der Waals surface area contributed by atoms with Crippen LogP contribution in [0, 0.1) is 11.8 Å². The third kappa shape index (κ3) is 6.63. The second kappa shape index (κ2) is 6.43. The first kappa shape index (κ1) is 18.0. The maximum absolute atomic E-state index is 13.3. The molecule has 1 unspecified atom stereocenters. The molecule has 0 amide bonds. The average molecular weight is 288 g/mol. The van der Waals surface area contributed by atoms with Gasteiger partial charge in [0, 0.05) is 18.3 Å². The van der Waals surface area contributed by atoms with Crippen molar-refractivity contribution in [1.82, 2.24) is 0 Å². The lowest BCUT2D eigenvalue weighted by molar-refractivity contribution is -0.156. The lowest BCUT2D eigenvalue weighted by Crippen LogP contribution is -2.33. The standard InChI is InChI=1S/C12H17F5O2/c1-7(2)10(19)11(13,14)5-4-8(3)9(18)6-12(15,16)17/h7-8H,4-6H2,1-3H3. The van der Waals surface area contributed by atoms with Crippen molar-refractivity contribution in [2.24, 2.45) is 11.8 Å². The average Bonchev–Trinajstić information content (AvgIpc) is 2.22. The van der Waals surface area contributed by atoms with Gasteiger partial charge in [-0.3, -0.25) is 9.59 Å². The number of halogens is 5. The zero-order chi connectivity index (χ0) is 15.4. The molecular weight excluding hydrogens is 271 g/mol. The molecule has 0 aromatic heterocycles. The first-order valence-electron chi connectivity index (χ1n) is 5.88. The molecule has 7 heteroatoms. The minimum absolute atomic E-state index is 0.444. The molecule has 0 rings (SSSR count).